The van der Waals surface area contributed by atoms with Crippen molar-refractivity contribution in [2.45, 2.75) is 92.0 Å². The fraction of sp³-hybridized carbons (Fsp3) is 0.800. The summed E-state index contributed by atoms with van der Waals surface area (Å²) in [5.41, 5.74) is -0.730. The van der Waals surface area contributed by atoms with Crippen LogP contribution in [-0.4, -0.2) is 91.1 Å². The lowest BCUT2D eigenvalue weighted by atomic mass is 9.95. The van der Waals surface area contributed by atoms with E-state index in [1.807, 2.05) is 13.8 Å². The second kappa shape index (κ2) is 14.6. The zero-order valence-corrected chi connectivity index (χ0v) is 23.8. The van der Waals surface area contributed by atoms with Gasteiger partial charge in [-0.1, -0.05) is 34.1 Å². The number of nitrogens with one attached hydrogen (secondary N) is 2. The van der Waals surface area contributed by atoms with Crippen molar-refractivity contribution in [1.82, 2.24) is 20.4 Å². The van der Waals surface area contributed by atoms with Gasteiger partial charge in [0.25, 0.3) is 0 Å². The highest BCUT2D eigenvalue weighted by atomic mass is 16.6. The van der Waals surface area contributed by atoms with Gasteiger partial charge in [-0.2, -0.15) is 0 Å². The molecule has 4 amide bonds. The van der Waals surface area contributed by atoms with Crippen molar-refractivity contribution in [2.24, 2.45) is 11.8 Å². The quantitative estimate of drug-likeness (QED) is 0.380. The van der Waals surface area contributed by atoms with Gasteiger partial charge in [0, 0.05) is 20.6 Å². The van der Waals surface area contributed by atoms with E-state index in [4.69, 9.17) is 4.74 Å². The maximum absolute atomic E-state index is 13.5. The number of likely N-dealkylation sites (N-methyl/N-ethyl adjacent to an activating group) is 2. The molecule has 0 aromatic heterocycles. The maximum Gasteiger partial charge on any atom is 0.408 e. The molecule has 0 saturated heterocycles. The van der Waals surface area contributed by atoms with E-state index in [1.54, 1.807) is 41.5 Å². The van der Waals surface area contributed by atoms with Gasteiger partial charge >= 0.3 is 12.1 Å². The molecule has 0 aromatic carbocycles. The number of methoxy groups -OCH3 is 1. The van der Waals surface area contributed by atoms with Crippen molar-refractivity contribution in [3.63, 3.8) is 0 Å². The SMILES string of the molecule is CC[C@H](C)[C@H](NC(=O)OC(C)(C)C)C(=O)N(C)[C@H](C(=O)N(C)[C@@H](C)C(=O)NCCC(=O)OC)C(C)C. The third kappa shape index (κ3) is 10.4. The first-order valence-electron chi connectivity index (χ1n) is 12.4. The average Bonchev–Trinajstić information content (AvgIpc) is 2.78. The molecule has 11 nitrogen and oxygen atoms in total. The first-order valence-corrected chi connectivity index (χ1v) is 12.4. The van der Waals surface area contributed by atoms with Crippen LogP contribution >= 0.6 is 0 Å². The van der Waals surface area contributed by atoms with Crippen LogP contribution in [-0.2, 0) is 28.7 Å². The van der Waals surface area contributed by atoms with E-state index in [1.165, 1.54) is 31.0 Å². The number of carbonyl (C=O) groups is 5. The number of carbonyl (C=O) groups excluding carboxylic acids is 5. The molecule has 0 spiro atoms. The highest BCUT2D eigenvalue weighted by Gasteiger charge is 2.39. The predicted molar refractivity (Wildman–Crippen MR) is 136 cm³/mol. The average molecular weight is 515 g/mol. The summed E-state index contributed by atoms with van der Waals surface area (Å²) in [7, 11) is 4.27. The summed E-state index contributed by atoms with van der Waals surface area (Å²) >= 11 is 0. The van der Waals surface area contributed by atoms with Gasteiger partial charge in [-0.25, -0.2) is 4.79 Å². The zero-order valence-electron chi connectivity index (χ0n) is 23.8. The highest BCUT2D eigenvalue weighted by Crippen LogP contribution is 2.19. The Kier molecular flexibility index (Phi) is 13.5. The van der Waals surface area contributed by atoms with Crippen LogP contribution < -0.4 is 10.6 Å². The van der Waals surface area contributed by atoms with E-state index in [9.17, 15) is 24.0 Å². The number of hydrogen-bond donors (Lipinski definition) is 2. The summed E-state index contributed by atoms with van der Waals surface area (Å²) in [5, 5.41) is 5.27. The fourth-order valence-corrected chi connectivity index (χ4v) is 3.49. The Balaban J connectivity index is 5.63. The number of alkyl carbamates (subject to hydrolysis) is 1. The zero-order chi connectivity index (χ0) is 28.4. The van der Waals surface area contributed by atoms with Gasteiger partial charge in [0.15, 0.2) is 0 Å². The standard InChI is InChI=1S/C25H46N4O7/c1-12-16(4)19(27-24(34)36-25(6,7)8)22(32)29(10)20(15(2)3)23(33)28(9)17(5)21(31)26-14-13-18(30)35-11/h15-17,19-20H,12-14H2,1-11H3,(H,26,31)(H,27,34)/t16-,17-,19-,20-/m0/s1. The van der Waals surface area contributed by atoms with Gasteiger partial charge in [-0.3, -0.25) is 19.2 Å². The second-order valence-electron chi connectivity index (χ2n) is 10.4. The van der Waals surface area contributed by atoms with Crippen LogP contribution in [0.1, 0.15) is 68.2 Å². The van der Waals surface area contributed by atoms with Gasteiger partial charge in [-0.15, -0.1) is 0 Å². The summed E-state index contributed by atoms with van der Waals surface area (Å²) in [4.78, 5) is 65.8. The van der Waals surface area contributed by atoms with Gasteiger partial charge in [-0.05, 0) is 39.5 Å². The first kappa shape index (κ1) is 33.1. The van der Waals surface area contributed by atoms with Gasteiger partial charge in [0.05, 0.1) is 13.5 Å². The molecule has 0 bridgehead atoms. The third-order valence-corrected chi connectivity index (χ3v) is 5.96. The second-order valence-corrected chi connectivity index (χ2v) is 10.4. The van der Waals surface area contributed by atoms with Crippen LogP contribution in [0.2, 0.25) is 0 Å². The maximum atomic E-state index is 13.5. The minimum atomic E-state index is -0.895. The van der Waals surface area contributed by atoms with Crippen LogP contribution in [0.15, 0.2) is 0 Å². The number of rotatable bonds is 12. The van der Waals surface area contributed by atoms with E-state index in [0.29, 0.717) is 6.42 Å². The van der Waals surface area contributed by atoms with Crippen molar-refractivity contribution in [3.8, 4) is 0 Å². The Bertz CT molecular complexity index is 779. The Morgan fingerprint density at radius 2 is 1.47 bits per heavy atom. The molecule has 0 unspecified atom stereocenters. The molecule has 11 heteroatoms. The van der Waals surface area contributed by atoms with Crippen LogP contribution in [0, 0.1) is 11.8 Å². The predicted octanol–water partition coefficient (Wildman–Crippen LogP) is 1.94. The molecular weight excluding hydrogens is 468 g/mol. The lowest BCUT2D eigenvalue weighted by Gasteiger charge is -2.37. The Morgan fingerprint density at radius 1 is 0.917 bits per heavy atom. The van der Waals surface area contributed by atoms with E-state index in [0.717, 1.165) is 0 Å². The minimum Gasteiger partial charge on any atom is -0.469 e. The van der Waals surface area contributed by atoms with Crippen molar-refractivity contribution in [2.75, 3.05) is 27.7 Å². The number of nitrogens with zero attached hydrogens (tertiary/aromatic N) is 2. The molecule has 0 fully saturated rings. The van der Waals surface area contributed by atoms with Crippen molar-refractivity contribution >= 4 is 29.8 Å². The van der Waals surface area contributed by atoms with Crippen molar-refractivity contribution in [1.29, 1.82) is 0 Å². The lowest BCUT2D eigenvalue weighted by molar-refractivity contribution is -0.150. The van der Waals surface area contributed by atoms with Crippen molar-refractivity contribution < 1.29 is 33.4 Å². The third-order valence-electron chi connectivity index (χ3n) is 5.96. The number of amides is 4. The summed E-state index contributed by atoms with van der Waals surface area (Å²) < 4.78 is 9.88. The normalized spacial score (nSPS) is 14.7. The minimum absolute atomic E-state index is 0.0140. The molecule has 2 N–H and O–H groups in total. The molecule has 0 aliphatic heterocycles. The first-order chi connectivity index (χ1) is 16.5. The Hall–Kier alpha value is -2.85. The molecule has 0 aliphatic carbocycles. The summed E-state index contributed by atoms with van der Waals surface area (Å²) in [6, 6.07) is -2.61. The molecule has 0 rings (SSSR count). The smallest absolute Gasteiger partial charge is 0.408 e. The van der Waals surface area contributed by atoms with Gasteiger partial charge in [0.1, 0.15) is 23.7 Å². The van der Waals surface area contributed by atoms with Gasteiger partial charge in [0.2, 0.25) is 17.7 Å². The topological polar surface area (TPSA) is 134 Å². The summed E-state index contributed by atoms with van der Waals surface area (Å²) in [6.45, 7) is 14.2. The highest BCUT2D eigenvalue weighted by molar-refractivity contribution is 5.94. The molecule has 36 heavy (non-hydrogen) atoms. The summed E-state index contributed by atoms with van der Waals surface area (Å²) in [6.07, 6.45) is -0.0836. The summed E-state index contributed by atoms with van der Waals surface area (Å²) in [5.74, 6) is -2.23. The largest absolute Gasteiger partial charge is 0.469 e. The number of esters is 1. The molecule has 4 atom stereocenters. The Morgan fingerprint density at radius 3 is 1.92 bits per heavy atom. The van der Waals surface area contributed by atoms with E-state index < -0.39 is 53.5 Å². The molecule has 0 saturated carbocycles. The van der Waals surface area contributed by atoms with E-state index >= 15 is 0 Å². The molecule has 0 aliphatic rings. The van der Waals surface area contributed by atoms with Crippen LogP contribution in [0.3, 0.4) is 0 Å². The van der Waals surface area contributed by atoms with Crippen LogP contribution in [0.4, 0.5) is 4.79 Å². The van der Waals surface area contributed by atoms with Crippen LogP contribution in [0.5, 0.6) is 0 Å². The molecule has 0 heterocycles. The fourth-order valence-electron chi connectivity index (χ4n) is 3.49. The van der Waals surface area contributed by atoms with E-state index in [-0.39, 0.29) is 24.8 Å². The number of hydrogen-bond acceptors (Lipinski definition) is 7. The molecular formula is C25H46N4O7. The van der Waals surface area contributed by atoms with Crippen molar-refractivity contribution in [3.05, 3.63) is 0 Å². The molecule has 0 aromatic rings. The lowest BCUT2D eigenvalue weighted by Crippen LogP contribution is -2.59. The Labute approximate surface area is 215 Å². The van der Waals surface area contributed by atoms with Crippen LogP contribution in [0.25, 0.3) is 0 Å². The van der Waals surface area contributed by atoms with Gasteiger partial charge < -0.3 is 29.9 Å². The van der Waals surface area contributed by atoms with E-state index in [2.05, 4.69) is 15.4 Å². The molecule has 0 radical (unpaired) electrons. The molecule has 208 valence electrons. The monoisotopic (exact) mass is 514 g/mol. The number of ether oxygens (including phenoxy) is 2.